The molecule has 1 atom stereocenters. The van der Waals surface area contributed by atoms with Crippen LogP contribution in [0.4, 0.5) is 11.4 Å². The van der Waals surface area contributed by atoms with Crippen LogP contribution in [0.1, 0.15) is 22.5 Å². The number of amides is 1. The van der Waals surface area contributed by atoms with Crippen molar-refractivity contribution in [1.82, 2.24) is 19.1 Å². The molecule has 1 saturated heterocycles. The van der Waals surface area contributed by atoms with Gasteiger partial charge in [0.05, 0.1) is 35.1 Å². The number of nitrogens with two attached hydrogens (primary N) is 1. The third-order valence-electron chi connectivity index (χ3n) is 5.28. The van der Waals surface area contributed by atoms with Crippen molar-refractivity contribution in [2.75, 3.05) is 24.7 Å². The highest BCUT2D eigenvalue weighted by atomic mass is 32.2. The van der Waals surface area contributed by atoms with Crippen molar-refractivity contribution in [2.45, 2.75) is 19.4 Å². The van der Waals surface area contributed by atoms with Crippen LogP contribution in [0.3, 0.4) is 0 Å². The molecule has 0 saturated carbocycles. The summed E-state index contributed by atoms with van der Waals surface area (Å²) >= 11 is 0. The Bertz CT molecular complexity index is 1270. The predicted molar refractivity (Wildman–Crippen MR) is 117 cm³/mol. The van der Waals surface area contributed by atoms with Crippen LogP contribution >= 0.6 is 0 Å². The second kappa shape index (κ2) is 7.82. The Morgan fingerprint density at radius 2 is 2.13 bits per heavy atom. The molecule has 4 rings (SSSR count). The van der Waals surface area contributed by atoms with Gasteiger partial charge in [0.15, 0.2) is 5.65 Å². The molecule has 0 bridgehead atoms. The largest absolute Gasteiger partial charge is 0.489 e. The molecule has 0 radical (unpaired) electrons. The zero-order chi connectivity index (χ0) is 22.3. The van der Waals surface area contributed by atoms with Crippen molar-refractivity contribution >= 4 is 38.3 Å². The lowest BCUT2D eigenvalue weighted by Crippen LogP contribution is -2.29. The second-order valence-electron chi connectivity index (χ2n) is 7.62. The summed E-state index contributed by atoms with van der Waals surface area (Å²) in [6.45, 7) is 2.61. The van der Waals surface area contributed by atoms with Crippen molar-refractivity contribution in [3.63, 3.8) is 0 Å². The predicted octanol–water partition coefficient (Wildman–Crippen LogP) is 1.53. The quantitative estimate of drug-likeness (QED) is 0.589. The molecule has 3 heterocycles. The maximum absolute atomic E-state index is 12.0. The van der Waals surface area contributed by atoms with Crippen molar-refractivity contribution in [3.8, 4) is 5.75 Å². The van der Waals surface area contributed by atoms with Gasteiger partial charge in [-0.25, -0.2) is 13.4 Å². The highest BCUT2D eigenvalue weighted by Crippen LogP contribution is 2.32. The number of hydrogen-bond donors (Lipinski definition) is 2. The summed E-state index contributed by atoms with van der Waals surface area (Å²) in [5.41, 5.74) is 8.40. The number of nitrogens with zero attached hydrogens (tertiary/aromatic N) is 4. The van der Waals surface area contributed by atoms with E-state index < -0.39 is 15.9 Å². The molecular formula is C20H24N6O4S. The molecule has 0 aliphatic carbocycles. The van der Waals surface area contributed by atoms with Crippen molar-refractivity contribution in [1.29, 1.82) is 0 Å². The topological polar surface area (TPSA) is 132 Å². The Labute approximate surface area is 180 Å². The van der Waals surface area contributed by atoms with Crippen LogP contribution in [0.2, 0.25) is 0 Å². The summed E-state index contributed by atoms with van der Waals surface area (Å²) in [5, 5.41) is 8.37. The maximum atomic E-state index is 12.0. The first-order valence-corrected chi connectivity index (χ1v) is 11.6. The number of pyridine rings is 1. The first-order valence-electron chi connectivity index (χ1n) is 9.74. The van der Waals surface area contributed by atoms with Gasteiger partial charge in [0, 0.05) is 31.5 Å². The van der Waals surface area contributed by atoms with Crippen LogP contribution in [-0.4, -0.2) is 58.8 Å². The lowest BCUT2D eigenvalue weighted by atomic mass is 10.1. The van der Waals surface area contributed by atoms with Crippen LogP contribution in [0.25, 0.3) is 11.0 Å². The Kier molecular flexibility index (Phi) is 5.31. The molecule has 1 amide bonds. The van der Waals surface area contributed by atoms with Gasteiger partial charge < -0.3 is 15.8 Å². The smallest absolute Gasteiger partial charge is 0.252 e. The summed E-state index contributed by atoms with van der Waals surface area (Å²) in [6, 6.07) is 7.26. The van der Waals surface area contributed by atoms with Crippen molar-refractivity contribution < 1.29 is 17.9 Å². The number of anilines is 2. The normalized spacial score (nSPS) is 17.2. The first kappa shape index (κ1) is 21.1. The molecule has 11 heteroatoms. The highest BCUT2D eigenvalue weighted by molar-refractivity contribution is 7.88. The van der Waals surface area contributed by atoms with Gasteiger partial charge in [-0.3, -0.25) is 9.48 Å². The number of nitrogens with one attached hydrogen (secondary N) is 1. The average Bonchev–Trinajstić information content (AvgIpc) is 3.27. The molecule has 3 N–H and O–H groups in total. The van der Waals surface area contributed by atoms with Crippen LogP contribution < -0.4 is 15.8 Å². The Hall–Kier alpha value is -3.18. The standard InChI is InChI=1S/C20H24N6O4S/c1-12-17-18(16(19(21)27)10-22-20(17)25(2)24-12)23-13-5-4-6-14(9-13)30-15-7-8-26(11-15)31(3,28)29/h4-6,9-10,15H,7-8,11H2,1-3H3,(H2,21,27)(H,22,23)/t15-/m0/s1. The average molecular weight is 445 g/mol. The fraction of sp³-hybridized carbons (Fsp3) is 0.350. The minimum absolute atomic E-state index is 0.223. The zero-order valence-corrected chi connectivity index (χ0v) is 18.3. The minimum atomic E-state index is -3.23. The highest BCUT2D eigenvalue weighted by Gasteiger charge is 2.29. The molecule has 2 aromatic heterocycles. The summed E-state index contributed by atoms with van der Waals surface area (Å²) in [7, 11) is -1.45. The third-order valence-corrected chi connectivity index (χ3v) is 6.55. The number of primary amides is 1. The van der Waals surface area contributed by atoms with E-state index in [-0.39, 0.29) is 11.7 Å². The van der Waals surface area contributed by atoms with E-state index in [0.717, 1.165) is 5.69 Å². The van der Waals surface area contributed by atoms with E-state index in [9.17, 15) is 13.2 Å². The van der Waals surface area contributed by atoms with Crippen molar-refractivity contribution in [3.05, 3.63) is 41.7 Å². The molecule has 3 aromatic rings. The lowest BCUT2D eigenvalue weighted by Gasteiger charge is -2.17. The number of aryl methyl sites for hydroxylation is 2. The lowest BCUT2D eigenvalue weighted by molar-refractivity contribution is 0.100. The number of fused-ring (bicyclic) bond motifs is 1. The van der Waals surface area contributed by atoms with Crippen molar-refractivity contribution in [2.24, 2.45) is 12.8 Å². The van der Waals surface area contributed by atoms with E-state index >= 15 is 0 Å². The Balaban J connectivity index is 1.62. The van der Waals surface area contributed by atoms with E-state index in [1.807, 2.05) is 19.1 Å². The molecule has 1 fully saturated rings. The van der Waals surface area contributed by atoms with Crippen LogP contribution in [0.15, 0.2) is 30.5 Å². The molecule has 0 spiro atoms. The Morgan fingerprint density at radius 1 is 1.35 bits per heavy atom. The summed E-state index contributed by atoms with van der Waals surface area (Å²) < 4.78 is 32.5. The molecule has 164 valence electrons. The van der Waals surface area contributed by atoms with Crippen LogP contribution in [-0.2, 0) is 17.1 Å². The minimum Gasteiger partial charge on any atom is -0.489 e. The number of sulfonamides is 1. The van der Waals surface area contributed by atoms with E-state index in [1.165, 1.54) is 16.8 Å². The number of rotatable bonds is 6. The zero-order valence-electron chi connectivity index (χ0n) is 17.5. The van der Waals surface area contributed by atoms with Gasteiger partial charge in [-0.05, 0) is 25.5 Å². The molecule has 0 unspecified atom stereocenters. The molecule has 1 aromatic carbocycles. The Morgan fingerprint density at radius 3 is 2.81 bits per heavy atom. The SMILES string of the molecule is Cc1nn(C)c2ncc(C(N)=O)c(Nc3cccc(O[C@H]4CCN(S(C)(=O)=O)C4)c3)c12. The van der Waals surface area contributed by atoms with E-state index in [1.54, 1.807) is 23.9 Å². The van der Waals surface area contributed by atoms with Gasteiger partial charge >= 0.3 is 0 Å². The summed E-state index contributed by atoms with van der Waals surface area (Å²) in [5.74, 6) is -0.00133. The maximum Gasteiger partial charge on any atom is 0.252 e. The number of benzene rings is 1. The summed E-state index contributed by atoms with van der Waals surface area (Å²) in [4.78, 5) is 16.3. The number of hydrogen-bond acceptors (Lipinski definition) is 7. The van der Waals surface area contributed by atoms with Crippen LogP contribution in [0, 0.1) is 6.92 Å². The van der Waals surface area contributed by atoms with Gasteiger partial charge in [0.2, 0.25) is 10.0 Å². The van der Waals surface area contributed by atoms with Gasteiger partial charge in [-0.15, -0.1) is 0 Å². The second-order valence-corrected chi connectivity index (χ2v) is 9.60. The van der Waals surface area contributed by atoms with E-state index in [4.69, 9.17) is 10.5 Å². The fourth-order valence-corrected chi connectivity index (χ4v) is 4.68. The van der Waals surface area contributed by atoms with Gasteiger partial charge in [-0.2, -0.15) is 9.40 Å². The molecule has 1 aliphatic rings. The number of ether oxygens (including phenoxy) is 1. The summed E-state index contributed by atoms with van der Waals surface area (Å²) in [6.07, 6.45) is 3.04. The third kappa shape index (κ3) is 4.19. The molecule has 31 heavy (non-hydrogen) atoms. The number of carbonyl (C=O) groups excluding carboxylic acids is 1. The monoisotopic (exact) mass is 444 g/mol. The van der Waals surface area contributed by atoms with E-state index in [0.29, 0.717) is 47.7 Å². The fourth-order valence-electron chi connectivity index (χ4n) is 3.81. The molecule has 10 nitrogen and oxygen atoms in total. The van der Waals surface area contributed by atoms with Gasteiger partial charge in [0.1, 0.15) is 11.9 Å². The number of aromatic nitrogens is 3. The molecule has 1 aliphatic heterocycles. The first-order chi connectivity index (χ1) is 14.6. The molecular weight excluding hydrogens is 420 g/mol. The van der Waals surface area contributed by atoms with Crippen LogP contribution in [0.5, 0.6) is 5.75 Å². The van der Waals surface area contributed by atoms with Gasteiger partial charge in [0.25, 0.3) is 5.91 Å². The number of carbonyl (C=O) groups is 1. The van der Waals surface area contributed by atoms with E-state index in [2.05, 4.69) is 15.4 Å². The van der Waals surface area contributed by atoms with Gasteiger partial charge in [-0.1, -0.05) is 6.07 Å².